The van der Waals surface area contributed by atoms with E-state index in [1.165, 1.54) is 6.07 Å². The summed E-state index contributed by atoms with van der Waals surface area (Å²) in [4.78, 5) is 42.3. The molecule has 2 aliphatic heterocycles. The minimum Gasteiger partial charge on any atom is -0.364 e. The Bertz CT molecular complexity index is 818. The van der Waals surface area contributed by atoms with Gasteiger partial charge in [-0.3, -0.25) is 19.7 Å². The molecule has 0 unspecified atom stereocenters. The summed E-state index contributed by atoms with van der Waals surface area (Å²) in [7, 11) is 0. The van der Waals surface area contributed by atoms with Gasteiger partial charge in [0, 0.05) is 63.4 Å². The predicted molar refractivity (Wildman–Crippen MR) is 113 cm³/mol. The molecular weight excluding hydrogens is 386 g/mol. The molecule has 1 aliphatic carbocycles. The van der Waals surface area contributed by atoms with Crippen LogP contribution in [0.1, 0.15) is 36.0 Å². The lowest BCUT2D eigenvalue weighted by Crippen LogP contribution is -2.36. The van der Waals surface area contributed by atoms with Crippen LogP contribution >= 0.6 is 0 Å². The Morgan fingerprint density at radius 1 is 0.967 bits per heavy atom. The van der Waals surface area contributed by atoms with E-state index in [4.69, 9.17) is 0 Å². The first kappa shape index (κ1) is 20.6. The molecule has 1 aromatic carbocycles. The zero-order chi connectivity index (χ0) is 21.1. The van der Waals surface area contributed by atoms with Gasteiger partial charge in [0.2, 0.25) is 5.91 Å². The summed E-state index contributed by atoms with van der Waals surface area (Å²) in [6.07, 6.45) is 3.60. The van der Waals surface area contributed by atoms with E-state index in [9.17, 15) is 19.7 Å². The van der Waals surface area contributed by atoms with E-state index in [2.05, 4.69) is 5.32 Å². The number of nitrogens with one attached hydrogen (secondary N) is 1. The maximum absolute atomic E-state index is 12.9. The third kappa shape index (κ3) is 4.56. The van der Waals surface area contributed by atoms with Crippen LogP contribution in [0.4, 0.5) is 11.4 Å². The number of amides is 2. The zero-order valence-corrected chi connectivity index (χ0v) is 17.2. The first-order chi connectivity index (χ1) is 14.5. The number of hydrogen-bond acceptors (Lipinski definition) is 6. The number of anilines is 1. The fourth-order valence-corrected chi connectivity index (χ4v) is 4.27. The molecular formula is C21H29N5O4. The average Bonchev–Trinajstić information content (AvgIpc) is 3.60. The molecule has 2 heterocycles. The molecule has 9 heteroatoms. The molecule has 1 saturated carbocycles. The molecule has 162 valence electrons. The van der Waals surface area contributed by atoms with Crippen molar-refractivity contribution in [3.8, 4) is 0 Å². The van der Waals surface area contributed by atoms with E-state index in [1.54, 1.807) is 17.0 Å². The first-order valence-electron chi connectivity index (χ1n) is 10.9. The second kappa shape index (κ2) is 8.99. The van der Waals surface area contributed by atoms with Gasteiger partial charge in [0.15, 0.2) is 0 Å². The predicted octanol–water partition coefficient (Wildman–Crippen LogP) is 1.48. The highest BCUT2D eigenvalue weighted by molar-refractivity contribution is 5.96. The highest BCUT2D eigenvalue weighted by atomic mass is 16.6. The van der Waals surface area contributed by atoms with Gasteiger partial charge in [-0.1, -0.05) is 0 Å². The second-order valence-electron chi connectivity index (χ2n) is 8.30. The van der Waals surface area contributed by atoms with Gasteiger partial charge in [-0.25, -0.2) is 0 Å². The Morgan fingerprint density at radius 3 is 2.53 bits per heavy atom. The number of nitrogens with zero attached hydrogens (tertiary/aromatic N) is 4. The molecule has 9 nitrogen and oxygen atoms in total. The van der Waals surface area contributed by atoms with Crippen molar-refractivity contribution < 1.29 is 14.5 Å². The summed E-state index contributed by atoms with van der Waals surface area (Å²) in [6, 6.07) is 4.80. The van der Waals surface area contributed by atoms with Crippen molar-refractivity contribution >= 4 is 23.2 Å². The lowest BCUT2D eigenvalue weighted by molar-refractivity contribution is -0.384. The van der Waals surface area contributed by atoms with Crippen molar-refractivity contribution in [3.05, 3.63) is 33.9 Å². The number of carbonyl (C=O) groups is 2. The number of carbonyl (C=O) groups excluding carboxylic acids is 2. The average molecular weight is 415 g/mol. The Labute approximate surface area is 176 Å². The van der Waals surface area contributed by atoms with Crippen molar-refractivity contribution in [3.63, 3.8) is 0 Å². The normalized spacial score (nSPS) is 20.5. The molecule has 2 saturated heterocycles. The fraction of sp³-hybridized carbons (Fsp3) is 0.619. The fourth-order valence-electron chi connectivity index (χ4n) is 4.27. The standard InChI is InChI=1S/C21H29N5O4/c27-20(16-3-4-16)25-11-2-10-23(13-14-25)18-6-5-17(15-19(18)26(29)30)21(28)24-9-1-7-22-8-12-24/h5-6,15-16,22H,1-4,7-14H2. The van der Waals surface area contributed by atoms with Crippen LogP contribution in [0.15, 0.2) is 18.2 Å². The van der Waals surface area contributed by atoms with E-state index >= 15 is 0 Å². The van der Waals surface area contributed by atoms with Crippen LogP contribution in [-0.2, 0) is 4.79 Å². The van der Waals surface area contributed by atoms with Crippen molar-refractivity contribution in [2.75, 3.05) is 57.3 Å². The summed E-state index contributed by atoms with van der Waals surface area (Å²) in [5.41, 5.74) is 0.832. The number of hydrogen-bond donors (Lipinski definition) is 1. The molecule has 0 aromatic heterocycles. The molecule has 3 aliphatic rings. The van der Waals surface area contributed by atoms with Gasteiger partial charge in [0.05, 0.1) is 4.92 Å². The van der Waals surface area contributed by atoms with Crippen LogP contribution < -0.4 is 10.2 Å². The van der Waals surface area contributed by atoms with Crippen molar-refractivity contribution in [1.29, 1.82) is 0 Å². The lowest BCUT2D eigenvalue weighted by atomic mass is 10.1. The number of benzene rings is 1. The number of rotatable bonds is 4. The second-order valence-corrected chi connectivity index (χ2v) is 8.30. The highest BCUT2D eigenvalue weighted by Gasteiger charge is 2.34. The Morgan fingerprint density at radius 2 is 1.77 bits per heavy atom. The van der Waals surface area contributed by atoms with Crippen molar-refractivity contribution in [2.24, 2.45) is 5.92 Å². The summed E-state index contributed by atoms with van der Waals surface area (Å²) in [5, 5.41) is 15.1. The molecule has 2 amide bonds. The minimum atomic E-state index is -0.409. The van der Waals surface area contributed by atoms with Crippen LogP contribution in [0.3, 0.4) is 0 Å². The summed E-state index contributed by atoms with van der Waals surface area (Å²) in [5.74, 6) is 0.245. The molecule has 1 aromatic rings. The van der Waals surface area contributed by atoms with Crippen LogP contribution in [0.5, 0.6) is 0 Å². The van der Waals surface area contributed by atoms with Crippen molar-refractivity contribution in [1.82, 2.24) is 15.1 Å². The Kier molecular flexibility index (Phi) is 6.17. The molecule has 4 rings (SSSR count). The van der Waals surface area contributed by atoms with Gasteiger partial charge in [-0.2, -0.15) is 0 Å². The SMILES string of the molecule is O=C(c1ccc(N2CCCN(C(=O)C3CC3)CC2)c([N+](=O)[O-])c1)N1CCCNCC1. The molecule has 30 heavy (non-hydrogen) atoms. The van der Waals surface area contributed by atoms with Crippen LogP contribution in [0, 0.1) is 16.0 Å². The summed E-state index contributed by atoms with van der Waals surface area (Å²) in [6.45, 7) is 5.34. The Balaban J connectivity index is 1.51. The van der Waals surface area contributed by atoms with E-state index in [0.717, 1.165) is 38.8 Å². The third-order valence-electron chi connectivity index (χ3n) is 6.12. The molecule has 0 atom stereocenters. The van der Waals surface area contributed by atoms with E-state index in [0.29, 0.717) is 50.5 Å². The summed E-state index contributed by atoms with van der Waals surface area (Å²) >= 11 is 0. The quantitative estimate of drug-likeness (QED) is 0.591. The smallest absolute Gasteiger partial charge is 0.293 e. The van der Waals surface area contributed by atoms with Crippen LogP contribution in [-0.4, -0.2) is 78.9 Å². The highest BCUT2D eigenvalue weighted by Crippen LogP contribution is 2.33. The maximum atomic E-state index is 12.9. The van der Waals surface area contributed by atoms with Crippen LogP contribution in [0.2, 0.25) is 0 Å². The number of nitro benzene ring substituents is 1. The third-order valence-corrected chi connectivity index (χ3v) is 6.12. The van der Waals surface area contributed by atoms with Gasteiger partial charge in [0.25, 0.3) is 11.6 Å². The van der Waals surface area contributed by atoms with E-state index in [1.807, 2.05) is 9.80 Å². The molecule has 0 bridgehead atoms. The largest absolute Gasteiger partial charge is 0.364 e. The maximum Gasteiger partial charge on any atom is 0.293 e. The van der Waals surface area contributed by atoms with Gasteiger partial charge in [-0.15, -0.1) is 0 Å². The first-order valence-corrected chi connectivity index (χ1v) is 10.9. The van der Waals surface area contributed by atoms with Crippen molar-refractivity contribution in [2.45, 2.75) is 25.7 Å². The van der Waals surface area contributed by atoms with Crippen LogP contribution in [0.25, 0.3) is 0 Å². The zero-order valence-electron chi connectivity index (χ0n) is 17.2. The van der Waals surface area contributed by atoms with Gasteiger partial charge in [-0.05, 0) is 44.4 Å². The topological polar surface area (TPSA) is 99.0 Å². The number of nitro groups is 1. The molecule has 1 N–H and O–H groups in total. The summed E-state index contributed by atoms with van der Waals surface area (Å²) < 4.78 is 0. The molecule has 0 spiro atoms. The minimum absolute atomic E-state index is 0.0456. The van der Waals surface area contributed by atoms with E-state index < -0.39 is 4.92 Å². The molecule has 3 fully saturated rings. The van der Waals surface area contributed by atoms with Gasteiger partial charge < -0.3 is 20.0 Å². The van der Waals surface area contributed by atoms with Gasteiger partial charge in [0.1, 0.15) is 5.69 Å². The van der Waals surface area contributed by atoms with Gasteiger partial charge >= 0.3 is 0 Å². The van der Waals surface area contributed by atoms with E-state index in [-0.39, 0.29) is 23.4 Å². The molecule has 0 radical (unpaired) electrons. The monoisotopic (exact) mass is 415 g/mol. The Hall–Kier alpha value is -2.68. The lowest BCUT2D eigenvalue weighted by Gasteiger charge is -2.24.